The summed E-state index contributed by atoms with van der Waals surface area (Å²) in [6, 6.07) is 4.36. The van der Waals surface area contributed by atoms with Gasteiger partial charge in [0, 0.05) is 4.47 Å². The molecule has 0 aliphatic carbocycles. The van der Waals surface area contributed by atoms with Gasteiger partial charge in [-0.3, -0.25) is 4.79 Å². The Labute approximate surface area is 85.5 Å². The molecule has 1 aromatic carbocycles. The van der Waals surface area contributed by atoms with Crippen molar-refractivity contribution in [3.8, 4) is 0 Å². The average molecular weight is 264 g/mol. The van der Waals surface area contributed by atoms with Gasteiger partial charge >= 0.3 is 0 Å². The van der Waals surface area contributed by atoms with Crippen LogP contribution in [0.15, 0.2) is 27.6 Å². The van der Waals surface area contributed by atoms with E-state index < -0.39 is 17.0 Å². The first kappa shape index (κ1) is 10.4. The molecular formula is C7H6BrNO3S. The SMILES string of the molecule is NC(=O)c1ccc(Br)cc1S(=O)O. The Balaban J connectivity index is 3.35. The second-order valence-electron chi connectivity index (χ2n) is 2.25. The summed E-state index contributed by atoms with van der Waals surface area (Å²) in [5, 5.41) is 0. The molecule has 13 heavy (non-hydrogen) atoms. The molecule has 1 aromatic rings. The van der Waals surface area contributed by atoms with Crippen LogP contribution >= 0.6 is 15.9 Å². The summed E-state index contributed by atoms with van der Waals surface area (Å²) < 4.78 is 20.2. The van der Waals surface area contributed by atoms with E-state index in [2.05, 4.69) is 15.9 Å². The van der Waals surface area contributed by atoms with Crippen LogP contribution in [0.2, 0.25) is 0 Å². The van der Waals surface area contributed by atoms with Crippen molar-refractivity contribution in [3.63, 3.8) is 0 Å². The highest BCUT2D eigenvalue weighted by molar-refractivity contribution is 9.10. The van der Waals surface area contributed by atoms with E-state index in [-0.39, 0.29) is 10.5 Å². The Morgan fingerprint density at radius 3 is 2.62 bits per heavy atom. The third kappa shape index (κ3) is 2.36. The zero-order valence-corrected chi connectivity index (χ0v) is 8.76. The first-order valence-corrected chi connectivity index (χ1v) is 5.12. The highest BCUT2D eigenvalue weighted by Gasteiger charge is 2.12. The Kier molecular flexibility index (Phi) is 3.18. The minimum absolute atomic E-state index is 0.0156. The number of carbonyl (C=O) groups is 1. The van der Waals surface area contributed by atoms with Crippen molar-refractivity contribution in [2.75, 3.05) is 0 Å². The molecule has 1 amide bonds. The van der Waals surface area contributed by atoms with E-state index in [9.17, 15) is 9.00 Å². The van der Waals surface area contributed by atoms with Crippen LogP contribution in [0.4, 0.5) is 0 Å². The van der Waals surface area contributed by atoms with Gasteiger partial charge in [-0.2, -0.15) is 0 Å². The molecule has 1 atom stereocenters. The molecule has 0 spiro atoms. The molecule has 0 heterocycles. The van der Waals surface area contributed by atoms with Crippen LogP contribution in [0.3, 0.4) is 0 Å². The standard InChI is InChI=1S/C7H6BrNO3S/c8-4-1-2-5(7(9)10)6(3-4)13(11)12/h1-3H,(H2,9,10)(H,11,12). The lowest BCUT2D eigenvalue weighted by Crippen LogP contribution is -2.14. The maximum Gasteiger partial charge on any atom is 0.250 e. The van der Waals surface area contributed by atoms with E-state index in [1.165, 1.54) is 12.1 Å². The summed E-state index contributed by atoms with van der Waals surface area (Å²) in [6.45, 7) is 0. The summed E-state index contributed by atoms with van der Waals surface area (Å²) in [5.41, 5.74) is 5.06. The molecular weight excluding hydrogens is 258 g/mol. The third-order valence-corrected chi connectivity index (χ3v) is 2.60. The van der Waals surface area contributed by atoms with E-state index in [0.29, 0.717) is 4.47 Å². The maximum atomic E-state index is 10.8. The summed E-state index contributed by atoms with van der Waals surface area (Å²) >= 11 is 0.914. The summed E-state index contributed by atoms with van der Waals surface area (Å²) in [5.74, 6) is -0.718. The third-order valence-electron chi connectivity index (χ3n) is 1.40. The van der Waals surface area contributed by atoms with Crippen molar-refractivity contribution in [2.24, 2.45) is 5.73 Å². The number of hydrogen-bond acceptors (Lipinski definition) is 2. The number of nitrogens with two attached hydrogens (primary N) is 1. The Morgan fingerprint density at radius 1 is 1.54 bits per heavy atom. The molecule has 4 nitrogen and oxygen atoms in total. The van der Waals surface area contributed by atoms with Crippen LogP contribution < -0.4 is 5.73 Å². The van der Waals surface area contributed by atoms with Crippen molar-refractivity contribution in [1.82, 2.24) is 0 Å². The van der Waals surface area contributed by atoms with Gasteiger partial charge in [0.2, 0.25) is 5.91 Å². The van der Waals surface area contributed by atoms with Crippen LogP contribution in [0, 0.1) is 0 Å². The predicted molar refractivity (Wildman–Crippen MR) is 51.7 cm³/mol. The van der Waals surface area contributed by atoms with E-state index in [1.807, 2.05) is 0 Å². The van der Waals surface area contributed by atoms with Crippen LogP contribution in [0.25, 0.3) is 0 Å². The molecule has 0 radical (unpaired) electrons. The first-order chi connectivity index (χ1) is 6.02. The lowest BCUT2D eigenvalue weighted by molar-refractivity contribution is 0.0997. The second-order valence-corrected chi connectivity index (χ2v) is 4.11. The van der Waals surface area contributed by atoms with Gasteiger partial charge in [0.25, 0.3) is 0 Å². The molecule has 0 bridgehead atoms. The fourth-order valence-corrected chi connectivity index (χ4v) is 1.94. The fraction of sp³-hybridized carbons (Fsp3) is 0. The minimum atomic E-state index is -2.20. The van der Waals surface area contributed by atoms with Gasteiger partial charge in [-0.1, -0.05) is 15.9 Å². The monoisotopic (exact) mass is 263 g/mol. The van der Waals surface area contributed by atoms with Crippen LogP contribution in [0.5, 0.6) is 0 Å². The van der Waals surface area contributed by atoms with Gasteiger partial charge in [0.05, 0.1) is 10.5 Å². The lowest BCUT2D eigenvalue weighted by atomic mass is 10.2. The number of halogens is 1. The maximum absolute atomic E-state index is 10.8. The zero-order chi connectivity index (χ0) is 10.0. The van der Waals surface area contributed by atoms with Gasteiger partial charge in [-0.25, -0.2) is 4.21 Å². The van der Waals surface area contributed by atoms with E-state index >= 15 is 0 Å². The molecule has 0 aromatic heterocycles. The van der Waals surface area contributed by atoms with Gasteiger partial charge in [-0.15, -0.1) is 0 Å². The predicted octanol–water partition coefficient (Wildman–Crippen LogP) is 1.13. The molecule has 0 saturated carbocycles. The van der Waals surface area contributed by atoms with Crippen LogP contribution in [-0.4, -0.2) is 14.7 Å². The van der Waals surface area contributed by atoms with E-state index in [0.717, 1.165) is 0 Å². The van der Waals surface area contributed by atoms with Crippen molar-refractivity contribution in [3.05, 3.63) is 28.2 Å². The summed E-state index contributed by atoms with van der Waals surface area (Å²) in [6.07, 6.45) is 0. The van der Waals surface area contributed by atoms with E-state index in [1.54, 1.807) is 6.07 Å². The fourth-order valence-electron chi connectivity index (χ4n) is 0.844. The zero-order valence-electron chi connectivity index (χ0n) is 6.36. The highest BCUT2D eigenvalue weighted by Crippen LogP contribution is 2.18. The number of carbonyl (C=O) groups excluding carboxylic acids is 1. The molecule has 6 heteroatoms. The van der Waals surface area contributed by atoms with Crippen LogP contribution in [0.1, 0.15) is 10.4 Å². The highest BCUT2D eigenvalue weighted by atomic mass is 79.9. The topological polar surface area (TPSA) is 80.4 Å². The smallest absolute Gasteiger partial charge is 0.250 e. The summed E-state index contributed by atoms with van der Waals surface area (Å²) in [7, 11) is 0. The first-order valence-electron chi connectivity index (χ1n) is 3.22. The van der Waals surface area contributed by atoms with Gasteiger partial charge < -0.3 is 10.3 Å². The Hall–Kier alpha value is -0.720. The normalized spacial score (nSPS) is 12.5. The minimum Gasteiger partial charge on any atom is -0.366 e. The number of hydrogen-bond donors (Lipinski definition) is 2. The van der Waals surface area contributed by atoms with Gasteiger partial charge in [0.15, 0.2) is 11.1 Å². The van der Waals surface area contributed by atoms with E-state index in [4.69, 9.17) is 10.3 Å². The number of rotatable bonds is 2. The van der Waals surface area contributed by atoms with Crippen molar-refractivity contribution in [2.45, 2.75) is 4.90 Å². The molecule has 0 saturated heterocycles. The Morgan fingerprint density at radius 2 is 2.15 bits per heavy atom. The lowest BCUT2D eigenvalue weighted by Gasteiger charge is -2.02. The Bertz CT molecular complexity index is 380. The van der Waals surface area contributed by atoms with Crippen molar-refractivity contribution in [1.29, 1.82) is 0 Å². The molecule has 70 valence electrons. The molecule has 1 unspecified atom stereocenters. The van der Waals surface area contributed by atoms with Gasteiger partial charge in [-0.05, 0) is 18.2 Å². The number of primary amides is 1. The number of benzene rings is 1. The molecule has 0 fully saturated rings. The van der Waals surface area contributed by atoms with Crippen molar-refractivity contribution < 1.29 is 13.6 Å². The molecule has 0 aliphatic rings. The molecule has 1 rings (SSSR count). The second kappa shape index (κ2) is 3.99. The van der Waals surface area contributed by atoms with Crippen LogP contribution in [-0.2, 0) is 11.1 Å². The van der Waals surface area contributed by atoms with Crippen molar-refractivity contribution >= 4 is 32.9 Å². The molecule has 0 aliphatic heterocycles. The summed E-state index contributed by atoms with van der Waals surface area (Å²) in [4.78, 5) is 10.8. The molecule has 3 N–H and O–H groups in total. The average Bonchev–Trinajstić information content (AvgIpc) is 2.03. The quantitative estimate of drug-likeness (QED) is 0.785. The van der Waals surface area contributed by atoms with Gasteiger partial charge in [0.1, 0.15) is 0 Å². The number of amides is 1. The largest absolute Gasteiger partial charge is 0.366 e.